The van der Waals surface area contributed by atoms with E-state index >= 15 is 0 Å². The molecule has 3 aromatic rings. The van der Waals surface area contributed by atoms with Crippen LogP contribution in [-0.2, 0) is 12.1 Å². The molecule has 1 aromatic heterocycles. The van der Waals surface area contributed by atoms with Crippen molar-refractivity contribution in [3.05, 3.63) is 63.7 Å². The maximum absolute atomic E-state index is 14.9. The maximum Gasteiger partial charge on any atom is 0.252 e. The lowest BCUT2D eigenvalue weighted by atomic mass is 10.0. The number of aromatic nitrogens is 3. The van der Waals surface area contributed by atoms with Gasteiger partial charge >= 0.3 is 0 Å². The third kappa shape index (κ3) is 3.70. The number of hydrogen-bond acceptors (Lipinski definition) is 4. The molecule has 1 aliphatic heterocycles. The van der Waals surface area contributed by atoms with Crippen LogP contribution in [-0.4, -0.2) is 20.7 Å². The van der Waals surface area contributed by atoms with Gasteiger partial charge in [0, 0.05) is 23.2 Å². The highest BCUT2D eigenvalue weighted by molar-refractivity contribution is 6.30. The first-order valence-electron chi connectivity index (χ1n) is 9.89. The lowest BCUT2D eigenvalue weighted by Crippen LogP contribution is -2.31. The van der Waals surface area contributed by atoms with E-state index in [1.54, 1.807) is 24.5 Å². The molecule has 6 nitrogen and oxygen atoms in total. The topological polar surface area (TPSA) is 69.0 Å². The van der Waals surface area contributed by atoms with Crippen molar-refractivity contribution in [2.45, 2.75) is 45.9 Å². The van der Waals surface area contributed by atoms with Crippen LogP contribution >= 0.6 is 11.6 Å². The average Bonchev–Trinajstić information content (AvgIpc) is 3.29. The number of carbonyl (C=O) groups excluding carboxylic acids is 1. The van der Waals surface area contributed by atoms with E-state index in [9.17, 15) is 18.0 Å². The minimum Gasteiger partial charge on any atom is -0.474 e. The first-order valence-corrected chi connectivity index (χ1v) is 10.3. The van der Waals surface area contributed by atoms with E-state index in [4.69, 9.17) is 16.3 Å². The summed E-state index contributed by atoms with van der Waals surface area (Å²) in [6.07, 6.45) is 0. The van der Waals surface area contributed by atoms with Crippen molar-refractivity contribution in [3.8, 4) is 17.1 Å². The van der Waals surface area contributed by atoms with Gasteiger partial charge in [-0.2, -0.15) is 0 Å². The first-order chi connectivity index (χ1) is 15.0. The molecule has 0 bridgehead atoms. The Morgan fingerprint density at radius 3 is 2.34 bits per heavy atom. The van der Waals surface area contributed by atoms with Crippen molar-refractivity contribution < 1.29 is 22.7 Å². The summed E-state index contributed by atoms with van der Waals surface area (Å²) in [5.74, 6) is -3.03. The normalized spacial score (nSPS) is 13.5. The predicted octanol–water partition coefficient (Wildman–Crippen LogP) is 5.15. The van der Waals surface area contributed by atoms with Crippen LogP contribution in [0.3, 0.4) is 0 Å². The average molecular weight is 465 g/mol. The zero-order valence-corrected chi connectivity index (χ0v) is 18.5. The molecule has 1 N–H and O–H groups in total. The van der Waals surface area contributed by atoms with Gasteiger partial charge in [0.05, 0.1) is 5.56 Å². The van der Waals surface area contributed by atoms with Crippen LogP contribution in [0.1, 0.15) is 55.5 Å². The highest BCUT2D eigenvalue weighted by Crippen LogP contribution is 2.36. The van der Waals surface area contributed by atoms with Crippen LogP contribution in [0.25, 0.3) is 11.4 Å². The van der Waals surface area contributed by atoms with Crippen molar-refractivity contribution >= 4 is 17.5 Å². The van der Waals surface area contributed by atoms with Gasteiger partial charge in [0.1, 0.15) is 5.82 Å². The summed E-state index contributed by atoms with van der Waals surface area (Å²) in [7, 11) is 0. The summed E-state index contributed by atoms with van der Waals surface area (Å²) in [6.45, 7) is 7.12. The second kappa shape index (κ2) is 7.81. The quantitative estimate of drug-likeness (QED) is 0.566. The third-order valence-corrected chi connectivity index (χ3v) is 5.41. The van der Waals surface area contributed by atoms with E-state index in [2.05, 4.69) is 15.5 Å². The van der Waals surface area contributed by atoms with Crippen molar-refractivity contribution in [2.24, 2.45) is 0 Å². The number of nitrogens with zero attached hydrogens (tertiary/aromatic N) is 3. The van der Waals surface area contributed by atoms with E-state index in [0.717, 1.165) is 12.1 Å². The minimum absolute atomic E-state index is 0.0992. The smallest absolute Gasteiger partial charge is 0.252 e. The van der Waals surface area contributed by atoms with Crippen molar-refractivity contribution in [2.75, 3.05) is 0 Å². The monoisotopic (exact) mass is 464 g/mol. The van der Waals surface area contributed by atoms with Crippen LogP contribution in [0.15, 0.2) is 24.3 Å². The Morgan fingerprint density at radius 1 is 1.06 bits per heavy atom. The fraction of sp³-hybridized carbons (Fsp3) is 0.318. The molecular formula is C22H20ClF3N4O2. The SMILES string of the molecule is CC(C)n1c(-c2cc3c(cc2F)C(=O)NC3)nnc1C(C)(C)Oc1c(F)cc(Cl)cc1F. The number of halogens is 4. The fourth-order valence-corrected chi connectivity index (χ4v) is 3.91. The van der Waals surface area contributed by atoms with Gasteiger partial charge in [-0.1, -0.05) is 11.6 Å². The van der Waals surface area contributed by atoms with Gasteiger partial charge < -0.3 is 14.6 Å². The molecule has 0 saturated heterocycles. The second-order valence-electron chi connectivity index (χ2n) is 8.29. The molecule has 0 aliphatic carbocycles. The van der Waals surface area contributed by atoms with Crippen LogP contribution in [0.5, 0.6) is 5.75 Å². The van der Waals surface area contributed by atoms with Crippen molar-refractivity contribution in [1.29, 1.82) is 0 Å². The maximum atomic E-state index is 14.9. The molecule has 0 unspecified atom stereocenters. The van der Waals surface area contributed by atoms with Gasteiger partial charge in [0.25, 0.3) is 5.91 Å². The number of nitrogens with one attached hydrogen (secondary N) is 1. The summed E-state index contributed by atoms with van der Waals surface area (Å²) >= 11 is 5.69. The van der Waals surface area contributed by atoms with Crippen molar-refractivity contribution in [3.63, 3.8) is 0 Å². The molecule has 0 saturated carbocycles. The standard InChI is InChI=1S/C22H20ClF3N4O2/c1-10(2)30-19(14-5-11-9-27-20(31)13(11)8-15(14)24)28-29-21(30)22(3,4)32-18-16(25)6-12(23)7-17(18)26/h5-8,10H,9H2,1-4H3,(H,27,31). The summed E-state index contributed by atoms with van der Waals surface area (Å²) < 4.78 is 50.9. The predicted molar refractivity (Wildman–Crippen MR) is 112 cm³/mol. The van der Waals surface area contributed by atoms with E-state index in [-0.39, 0.29) is 46.3 Å². The van der Waals surface area contributed by atoms with Gasteiger partial charge in [-0.3, -0.25) is 4.79 Å². The van der Waals surface area contributed by atoms with Crippen molar-refractivity contribution in [1.82, 2.24) is 20.1 Å². The molecule has 0 atom stereocenters. The molecule has 32 heavy (non-hydrogen) atoms. The number of carbonyl (C=O) groups is 1. The Morgan fingerprint density at radius 2 is 1.72 bits per heavy atom. The molecule has 0 spiro atoms. The van der Waals surface area contributed by atoms with Gasteiger partial charge in [-0.15, -0.1) is 10.2 Å². The zero-order valence-electron chi connectivity index (χ0n) is 17.8. The summed E-state index contributed by atoms with van der Waals surface area (Å²) in [5, 5.41) is 10.9. The number of fused-ring (bicyclic) bond motifs is 1. The Balaban J connectivity index is 1.80. The van der Waals surface area contributed by atoms with Gasteiger partial charge in [-0.05, 0) is 57.5 Å². The number of amides is 1. The molecule has 2 heterocycles. The van der Waals surface area contributed by atoms with Gasteiger partial charge in [0.2, 0.25) is 0 Å². The molecule has 168 valence electrons. The Bertz CT molecular complexity index is 1220. The number of rotatable bonds is 5. The minimum atomic E-state index is -1.34. The van der Waals surface area contributed by atoms with Crippen LogP contribution < -0.4 is 10.1 Å². The van der Waals surface area contributed by atoms with Crippen LogP contribution in [0.4, 0.5) is 13.2 Å². The Kier molecular flexibility index (Phi) is 5.40. The second-order valence-corrected chi connectivity index (χ2v) is 8.73. The zero-order chi connectivity index (χ0) is 23.4. The summed E-state index contributed by atoms with van der Waals surface area (Å²) in [4.78, 5) is 11.8. The van der Waals surface area contributed by atoms with Gasteiger partial charge in [-0.25, -0.2) is 13.2 Å². The van der Waals surface area contributed by atoms with E-state index < -0.39 is 28.8 Å². The first kappa shape index (κ1) is 22.1. The Labute approximate surface area is 187 Å². The van der Waals surface area contributed by atoms with E-state index in [0.29, 0.717) is 5.56 Å². The summed E-state index contributed by atoms with van der Waals surface area (Å²) in [6, 6.07) is 4.38. The molecule has 1 aliphatic rings. The number of hydrogen-bond donors (Lipinski definition) is 1. The van der Waals surface area contributed by atoms with E-state index in [1.165, 1.54) is 6.07 Å². The molecule has 10 heteroatoms. The largest absolute Gasteiger partial charge is 0.474 e. The fourth-order valence-electron chi connectivity index (χ4n) is 3.72. The molecule has 4 rings (SSSR count). The highest BCUT2D eigenvalue weighted by Gasteiger charge is 2.35. The molecule has 0 fully saturated rings. The van der Waals surface area contributed by atoms with Crippen LogP contribution in [0.2, 0.25) is 5.02 Å². The lowest BCUT2D eigenvalue weighted by molar-refractivity contribution is 0.0814. The van der Waals surface area contributed by atoms with Gasteiger partial charge in [0.15, 0.2) is 34.6 Å². The third-order valence-electron chi connectivity index (χ3n) is 5.19. The summed E-state index contributed by atoms with van der Waals surface area (Å²) in [5.41, 5.74) is -0.255. The molecule has 0 radical (unpaired) electrons. The molecular weight excluding hydrogens is 445 g/mol. The Hall–Kier alpha value is -3.07. The molecule has 1 amide bonds. The van der Waals surface area contributed by atoms with E-state index in [1.807, 2.05) is 13.8 Å². The number of benzene rings is 2. The lowest BCUT2D eigenvalue weighted by Gasteiger charge is -2.28. The highest BCUT2D eigenvalue weighted by atomic mass is 35.5. The number of ether oxygens (including phenoxy) is 1. The van der Waals surface area contributed by atoms with Crippen LogP contribution in [0, 0.1) is 17.5 Å². The molecule has 2 aromatic carbocycles.